The summed E-state index contributed by atoms with van der Waals surface area (Å²) in [6, 6.07) is 9.40. The molecule has 0 aliphatic carbocycles. The number of aromatic nitrogens is 3. The summed E-state index contributed by atoms with van der Waals surface area (Å²) >= 11 is 1.44. The highest BCUT2D eigenvalue weighted by Gasteiger charge is 2.14. The van der Waals surface area contributed by atoms with Crippen molar-refractivity contribution in [1.29, 1.82) is 0 Å². The Morgan fingerprint density at radius 1 is 1.28 bits per heavy atom. The molecule has 0 aliphatic heterocycles. The Hall–Kier alpha value is -2.67. The maximum atomic E-state index is 12.5. The first-order valence-electron chi connectivity index (χ1n) is 8.00. The summed E-state index contributed by atoms with van der Waals surface area (Å²) in [6.45, 7) is 4.96. The number of ether oxygens (including phenoxy) is 1. The van der Waals surface area contributed by atoms with Crippen molar-refractivity contribution in [1.82, 2.24) is 14.8 Å². The van der Waals surface area contributed by atoms with Gasteiger partial charge in [-0.25, -0.2) is 9.67 Å². The summed E-state index contributed by atoms with van der Waals surface area (Å²) in [5.74, 6) is 1.67. The van der Waals surface area contributed by atoms with Gasteiger partial charge in [0.25, 0.3) is 5.91 Å². The first-order chi connectivity index (χ1) is 12.1. The van der Waals surface area contributed by atoms with E-state index in [0.717, 1.165) is 22.9 Å². The Labute approximate surface area is 150 Å². The Morgan fingerprint density at radius 2 is 2.04 bits per heavy atom. The van der Waals surface area contributed by atoms with E-state index in [0.29, 0.717) is 17.4 Å². The molecule has 1 N–H and O–H groups in total. The lowest BCUT2D eigenvalue weighted by Gasteiger charge is -2.10. The fraction of sp³-hybridized carbons (Fsp3) is 0.278. The first kappa shape index (κ1) is 17.2. The van der Waals surface area contributed by atoms with E-state index in [1.54, 1.807) is 29.4 Å². The normalized spacial score (nSPS) is 10.9. The monoisotopic (exact) mass is 356 g/mol. The molecule has 2 aromatic heterocycles. The molecule has 130 valence electrons. The van der Waals surface area contributed by atoms with Crippen LogP contribution in [0.15, 0.2) is 41.9 Å². The van der Waals surface area contributed by atoms with Crippen molar-refractivity contribution in [2.45, 2.75) is 20.4 Å². The quantitative estimate of drug-likeness (QED) is 0.727. The molecule has 3 aromatic rings. The van der Waals surface area contributed by atoms with Crippen LogP contribution in [0.1, 0.15) is 24.3 Å². The van der Waals surface area contributed by atoms with Gasteiger partial charge in [0.1, 0.15) is 22.3 Å². The van der Waals surface area contributed by atoms with E-state index < -0.39 is 0 Å². The highest BCUT2D eigenvalue weighted by atomic mass is 32.1. The standard InChI is InChI=1S/C18H20N4O2S/c1-12(2)10-22-16(8-9-19-22)21-17(23)15-11-25-18(20-15)13-4-6-14(24-3)7-5-13/h4-9,11-12H,10H2,1-3H3,(H,21,23). The molecule has 0 spiro atoms. The van der Waals surface area contributed by atoms with Crippen LogP contribution in [-0.4, -0.2) is 27.8 Å². The van der Waals surface area contributed by atoms with Crippen molar-refractivity contribution in [3.05, 3.63) is 47.6 Å². The Morgan fingerprint density at radius 3 is 2.72 bits per heavy atom. The number of amides is 1. The van der Waals surface area contributed by atoms with E-state index in [-0.39, 0.29) is 5.91 Å². The van der Waals surface area contributed by atoms with Gasteiger partial charge in [-0.1, -0.05) is 13.8 Å². The second-order valence-electron chi connectivity index (χ2n) is 6.01. The van der Waals surface area contributed by atoms with Crippen molar-refractivity contribution >= 4 is 23.1 Å². The zero-order valence-corrected chi connectivity index (χ0v) is 15.2. The minimum Gasteiger partial charge on any atom is -0.497 e. The molecule has 1 amide bonds. The molecule has 0 saturated heterocycles. The summed E-state index contributed by atoms with van der Waals surface area (Å²) in [5.41, 5.74) is 1.35. The third-order valence-electron chi connectivity index (χ3n) is 3.57. The van der Waals surface area contributed by atoms with Crippen LogP contribution >= 0.6 is 11.3 Å². The van der Waals surface area contributed by atoms with E-state index in [1.165, 1.54) is 11.3 Å². The van der Waals surface area contributed by atoms with Gasteiger partial charge in [0.05, 0.1) is 13.3 Å². The minimum atomic E-state index is -0.235. The van der Waals surface area contributed by atoms with Crippen LogP contribution in [0.25, 0.3) is 10.6 Å². The van der Waals surface area contributed by atoms with Crippen molar-refractivity contribution in [2.75, 3.05) is 12.4 Å². The van der Waals surface area contributed by atoms with Gasteiger partial charge in [-0.15, -0.1) is 11.3 Å². The number of hydrogen-bond acceptors (Lipinski definition) is 5. The number of nitrogens with zero attached hydrogens (tertiary/aromatic N) is 3. The lowest BCUT2D eigenvalue weighted by atomic mass is 10.2. The number of carbonyl (C=O) groups excluding carboxylic acids is 1. The first-order valence-corrected chi connectivity index (χ1v) is 8.88. The fourth-order valence-electron chi connectivity index (χ4n) is 2.35. The third-order valence-corrected chi connectivity index (χ3v) is 4.46. The number of nitrogens with one attached hydrogen (secondary N) is 1. The Balaban J connectivity index is 1.73. The van der Waals surface area contributed by atoms with E-state index in [4.69, 9.17) is 4.74 Å². The van der Waals surface area contributed by atoms with Crippen LogP contribution in [0.4, 0.5) is 5.82 Å². The topological polar surface area (TPSA) is 69.0 Å². The predicted octanol–water partition coefficient (Wildman–Crippen LogP) is 3.92. The van der Waals surface area contributed by atoms with E-state index >= 15 is 0 Å². The highest BCUT2D eigenvalue weighted by molar-refractivity contribution is 7.13. The van der Waals surface area contributed by atoms with Gasteiger partial charge >= 0.3 is 0 Å². The molecule has 0 radical (unpaired) electrons. The number of hydrogen-bond donors (Lipinski definition) is 1. The summed E-state index contributed by atoms with van der Waals surface area (Å²) in [7, 11) is 1.63. The number of thiazole rings is 1. The molecular weight excluding hydrogens is 336 g/mol. The molecule has 1 aromatic carbocycles. The van der Waals surface area contributed by atoms with Crippen LogP contribution in [0.3, 0.4) is 0 Å². The fourth-order valence-corrected chi connectivity index (χ4v) is 3.16. The van der Waals surface area contributed by atoms with Crippen molar-refractivity contribution in [3.8, 4) is 16.3 Å². The smallest absolute Gasteiger partial charge is 0.276 e. The van der Waals surface area contributed by atoms with Gasteiger partial charge < -0.3 is 10.1 Å². The van der Waals surface area contributed by atoms with E-state index in [9.17, 15) is 4.79 Å². The predicted molar refractivity (Wildman–Crippen MR) is 99.1 cm³/mol. The number of rotatable bonds is 6. The summed E-state index contributed by atoms with van der Waals surface area (Å²) in [6.07, 6.45) is 1.68. The van der Waals surface area contributed by atoms with Gasteiger partial charge in [-0.3, -0.25) is 4.79 Å². The molecule has 0 aliphatic rings. The second-order valence-corrected chi connectivity index (χ2v) is 6.87. The lowest BCUT2D eigenvalue weighted by Crippen LogP contribution is -2.17. The third kappa shape index (κ3) is 4.06. The molecular formula is C18H20N4O2S. The van der Waals surface area contributed by atoms with Crippen molar-refractivity contribution in [3.63, 3.8) is 0 Å². The lowest BCUT2D eigenvalue weighted by molar-refractivity contribution is 0.102. The van der Waals surface area contributed by atoms with E-state index in [1.807, 2.05) is 24.3 Å². The number of carbonyl (C=O) groups is 1. The summed E-state index contributed by atoms with van der Waals surface area (Å²) < 4.78 is 6.95. The molecule has 0 saturated carbocycles. The SMILES string of the molecule is COc1ccc(-c2nc(C(=O)Nc3ccnn3CC(C)C)cs2)cc1. The molecule has 0 bridgehead atoms. The summed E-state index contributed by atoms with van der Waals surface area (Å²) in [4.78, 5) is 16.9. The zero-order chi connectivity index (χ0) is 17.8. The largest absolute Gasteiger partial charge is 0.497 e. The Kier molecular flexibility index (Phi) is 5.14. The second kappa shape index (κ2) is 7.48. The Bertz CT molecular complexity index is 852. The highest BCUT2D eigenvalue weighted by Crippen LogP contribution is 2.26. The number of anilines is 1. The van der Waals surface area contributed by atoms with Gasteiger partial charge in [0.2, 0.25) is 0 Å². The minimum absolute atomic E-state index is 0.235. The molecule has 0 atom stereocenters. The van der Waals surface area contributed by atoms with Gasteiger partial charge in [0.15, 0.2) is 0 Å². The number of methoxy groups -OCH3 is 1. The molecule has 6 nitrogen and oxygen atoms in total. The maximum absolute atomic E-state index is 12.5. The van der Waals surface area contributed by atoms with Crippen LogP contribution in [-0.2, 0) is 6.54 Å². The van der Waals surface area contributed by atoms with Gasteiger partial charge in [-0.2, -0.15) is 5.10 Å². The average molecular weight is 356 g/mol. The van der Waals surface area contributed by atoms with E-state index in [2.05, 4.69) is 29.2 Å². The van der Waals surface area contributed by atoms with Crippen LogP contribution in [0.2, 0.25) is 0 Å². The molecule has 0 fully saturated rings. The number of benzene rings is 1. The van der Waals surface area contributed by atoms with Crippen molar-refractivity contribution < 1.29 is 9.53 Å². The van der Waals surface area contributed by atoms with Crippen LogP contribution in [0.5, 0.6) is 5.75 Å². The average Bonchev–Trinajstić information content (AvgIpc) is 3.25. The molecule has 7 heteroatoms. The summed E-state index contributed by atoms with van der Waals surface area (Å²) in [5, 5.41) is 9.68. The van der Waals surface area contributed by atoms with Crippen LogP contribution < -0.4 is 10.1 Å². The van der Waals surface area contributed by atoms with Crippen LogP contribution in [0, 0.1) is 5.92 Å². The molecule has 25 heavy (non-hydrogen) atoms. The molecule has 3 rings (SSSR count). The zero-order valence-electron chi connectivity index (χ0n) is 14.4. The molecule has 2 heterocycles. The maximum Gasteiger partial charge on any atom is 0.276 e. The van der Waals surface area contributed by atoms with Gasteiger partial charge in [-0.05, 0) is 30.2 Å². The molecule has 0 unspecified atom stereocenters. The van der Waals surface area contributed by atoms with Crippen molar-refractivity contribution in [2.24, 2.45) is 5.92 Å². The van der Waals surface area contributed by atoms with Gasteiger partial charge in [0, 0.05) is 23.6 Å².